The van der Waals surface area contributed by atoms with Crippen LogP contribution in [0.3, 0.4) is 0 Å². The Balaban J connectivity index is 2.23. The van der Waals surface area contributed by atoms with Crippen molar-refractivity contribution in [3.63, 3.8) is 0 Å². The van der Waals surface area contributed by atoms with E-state index in [-0.39, 0.29) is 6.10 Å². The molecule has 0 aromatic heterocycles. The number of fused-ring (bicyclic) bond motifs is 1. The second-order valence-corrected chi connectivity index (χ2v) is 5.14. The van der Waals surface area contributed by atoms with Gasteiger partial charge in [0.25, 0.3) is 0 Å². The van der Waals surface area contributed by atoms with E-state index in [4.69, 9.17) is 4.74 Å². The topological polar surface area (TPSA) is 29.5 Å². The second-order valence-electron chi connectivity index (χ2n) is 5.14. The van der Waals surface area contributed by atoms with E-state index >= 15 is 0 Å². The fourth-order valence-corrected chi connectivity index (χ4v) is 2.21. The highest BCUT2D eigenvalue weighted by molar-refractivity contribution is 5.49. The van der Waals surface area contributed by atoms with Crippen LogP contribution in [-0.2, 0) is 0 Å². The summed E-state index contributed by atoms with van der Waals surface area (Å²) in [6.07, 6.45) is 3.33. The summed E-state index contributed by atoms with van der Waals surface area (Å²) in [4.78, 5) is 0. The van der Waals surface area contributed by atoms with Crippen LogP contribution >= 0.6 is 0 Å². The van der Waals surface area contributed by atoms with Gasteiger partial charge in [0, 0.05) is 17.9 Å². The van der Waals surface area contributed by atoms with Crippen molar-refractivity contribution in [3.05, 3.63) is 34.9 Å². The summed E-state index contributed by atoms with van der Waals surface area (Å²) in [6.45, 7) is 8.25. The highest BCUT2D eigenvalue weighted by atomic mass is 16.5. The number of hydrogen-bond acceptors (Lipinski definition) is 2. The Morgan fingerprint density at radius 2 is 2.12 bits per heavy atom. The summed E-state index contributed by atoms with van der Waals surface area (Å²) in [5.41, 5.74) is 3.31. The zero-order valence-electron chi connectivity index (χ0n) is 10.9. The Morgan fingerprint density at radius 1 is 1.41 bits per heavy atom. The van der Waals surface area contributed by atoms with Crippen LogP contribution in [0, 0.1) is 6.92 Å². The van der Waals surface area contributed by atoms with E-state index in [9.17, 15) is 5.11 Å². The van der Waals surface area contributed by atoms with Gasteiger partial charge in [0.05, 0.1) is 0 Å². The zero-order chi connectivity index (χ0) is 12.6. The third kappa shape index (κ3) is 2.31. The highest BCUT2D eigenvalue weighted by Gasteiger charge is 2.30. The number of rotatable bonds is 2. The van der Waals surface area contributed by atoms with Gasteiger partial charge >= 0.3 is 0 Å². The van der Waals surface area contributed by atoms with Crippen molar-refractivity contribution in [2.75, 3.05) is 0 Å². The molecule has 1 aromatic carbocycles. The molecule has 0 spiro atoms. The molecule has 0 saturated carbocycles. The van der Waals surface area contributed by atoms with Gasteiger partial charge in [-0.05, 0) is 38.5 Å². The van der Waals surface area contributed by atoms with Gasteiger partial charge in [0.2, 0.25) is 0 Å². The first-order chi connectivity index (χ1) is 7.99. The summed E-state index contributed by atoms with van der Waals surface area (Å²) in [5.74, 6) is 1.63. The van der Waals surface area contributed by atoms with Crippen molar-refractivity contribution in [1.29, 1.82) is 0 Å². The number of phenolic OH excluding ortho intramolecular Hbond substituents is 1. The highest BCUT2D eigenvalue weighted by Crippen LogP contribution is 2.42. The molecule has 0 fully saturated rings. The van der Waals surface area contributed by atoms with Gasteiger partial charge in [-0.1, -0.05) is 18.6 Å². The third-order valence-corrected chi connectivity index (χ3v) is 3.41. The lowest BCUT2D eigenvalue weighted by Gasteiger charge is -2.13. The molecule has 2 heteroatoms. The van der Waals surface area contributed by atoms with E-state index in [0.29, 0.717) is 11.7 Å². The van der Waals surface area contributed by atoms with E-state index in [1.165, 1.54) is 5.57 Å². The number of phenols is 1. The first kappa shape index (κ1) is 12.0. The third-order valence-electron chi connectivity index (χ3n) is 3.41. The van der Waals surface area contributed by atoms with E-state index < -0.39 is 0 Å². The van der Waals surface area contributed by atoms with Crippen LogP contribution < -0.4 is 4.74 Å². The van der Waals surface area contributed by atoms with Crippen molar-refractivity contribution in [1.82, 2.24) is 0 Å². The molecule has 2 atom stereocenters. The van der Waals surface area contributed by atoms with Crippen LogP contribution in [0.15, 0.2) is 23.8 Å². The predicted octanol–water partition coefficient (Wildman–Crippen LogP) is 3.92. The summed E-state index contributed by atoms with van der Waals surface area (Å²) >= 11 is 0. The summed E-state index contributed by atoms with van der Waals surface area (Å²) < 4.78 is 5.95. The maximum atomic E-state index is 9.74. The smallest absolute Gasteiger partial charge is 0.123 e. The SMILES string of the molecule is CC(C)=CCC1Oc2cc(C)c(O)cc2C1C. The van der Waals surface area contributed by atoms with Crippen molar-refractivity contribution >= 4 is 0 Å². The molecule has 92 valence electrons. The lowest BCUT2D eigenvalue weighted by Crippen LogP contribution is -2.15. The lowest BCUT2D eigenvalue weighted by molar-refractivity contribution is 0.214. The number of ether oxygens (including phenoxy) is 1. The van der Waals surface area contributed by atoms with Crippen molar-refractivity contribution in [2.24, 2.45) is 0 Å². The maximum absolute atomic E-state index is 9.74. The van der Waals surface area contributed by atoms with Gasteiger partial charge in [-0.25, -0.2) is 0 Å². The van der Waals surface area contributed by atoms with E-state index in [1.54, 1.807) is 0 Å². The van der Waals surface area contributed by atoms with E-state index in [1.807, 2.05) is 19.1 Å². The molecule has 2 rings (SSSR count). The molecule has 1 aromatic rings. The standard InChI is InChI=1S/C15H20O2/c1-9(2)5-6-14-11(4)12-8-13(16)10(3)7-15(12)17-14/h5,7-8,11,14,16H,6H2,1-4H3. The molecule has 0 saturated heterocycles. The number of benzene rings is 1. The quantitative estimate of drug-likeness (QED) is 0.783. The fourth-order valence-electron chi connectivity index (χ4n) is 2.21. The van der Waals surface area contributed by atoms with Crippen LogP contribution in [0.2, 0.25) is 0 Å². The molecule has 0 aliphatic carbocycles. The van der Waals surface area contributed by atoms with Crippen LogP contribution in [0.4, 0.5) is 0 Å². The normalized spacial score (nSPS) is 21.9. The molecule has 0 radical (unpaired) electrons. The molecule has 17 heavy (non-hydrogen) atoms. The van der Waals surface area contributed by atoms with Crippen molar-refractivity contribution in [3.8, 4) is 11.5 Å². The first-order valence-electron chi connectivity index (χ1n) is 6.12. The monoisotopic (exact) mass is 232 g/mol. The van der Waals surface area contributed by atoms with E-state index in [0.717, 1.165) is 23.3 Å². The second kappa shape index (κ2) is 4.44. The van der Waals surface area contributed by atoms with Crippen LogP contribution in [-0.4, -0.2) is 11.2 Å². The first-order valence-corrected chi connectivity index (χ1v) is 6.12. The summed E-state index contributed by atoms with van der Waals surface area (Å²) in [7, 11) is 0. The Labute approximate surface area is 103 Å². The molecule has 0 bridgehead atoms. The van der Waals surface area contributed by atoms with Gasteiger partial charge < -0.3 is 9.84 Å². The molecule has 2 unspecified atom stereocenters. The largest absolute Gasteiger partial charge is 0.508 e. The molecule has 2 nitrogen and oxygen atoms in total. The number of hydrogen-bond donors (Lipinski definition) is 1. The van der Waals surface area contributed by atoms with Gasteiger partial charge in [0.15, 0.2) is 0 Å². The molecule has 0 amide bonds. The number of aromatic hydroxyl groups is 1. The Hall–Kier alpha value is -1.44. The van der Waals surface area contributed by atoms with Crippen LogP contribution in [0.1, 0.15) is 44.2 Å². The molecule has 1 heterocycles. The van der Waals surface area contributed by atoms with Crippen molar-refractivity contribution < 1.29 is 9.84 Å². The molecule has 1 N–H and O–H groups in total. The van der Waals surface area contributed by atoms with Crippen LogP contribution in [0.5, 0.6) is 11.5 Å². The minimum absolute atomic E-state index is 0.195. The number of aryl methyl sites for hydroxylation is 1. The predicted molar refractivity (Wildman–Crippen MR) is 69.7 cm³/mol. The minimum Gasteiger partial charge on any atom is -0.508 e. The van der Waals surface area contributed by atoms with E-state index in [2.05, 4.69) is 26.8 Å². The van der Waals surface area contributed by atoms with Gasteiger partial charge in [0.1, 0.15) is 17.6 Å². The average Bonchev–Trinajstić information content (AvgIpc) is 2.54. The zero-order valence-corrected chi connectivity index (χ0v) is 10.9. The summed E-state index contributed by atoms with van der Waals surface area (Å²) in [6, 6.07) is 3.78. The van der Waals surface area contributed by atoms with Crippen molar-refractivity contribution in [2.45, 2.75) is 46.1 Å². The van der Waals surface area contributed by atoms with Gasteiger partial charge in [-0.2, -0.15) is 0 Å². The Bertz CT molecular complexity index is 456. The van der Waals surface area contributed by atoms with Gasteiger partial charge in [-0.15, -0.1) is 0 Å². The Kier molecular flexibility index (Phi) is 3.14. The summed E-state index contributed by atoms with van der Waals surface area (Å²) in [5, 5.41) is 9.74. The Morgan fingerprint density at radius 3 is 2.76 bits per heavy atom. The molecule has 1 aliphatic rings. The molecular weight excluding hydrogens is 212 g/mol. The average molecular weight is 232 g/mol. The maximum Gasteiger partial charge on any atom is 0.123 e. The molecule has 1 aliphatic heterocycles. The minimum atomic E-state index is 0.195. The van der Waals surface area contributed by atoms with Gasteiger partial charge in [-0.3, -0.25) is 0 Å². The fraction of sp³-hybridized carbons (Fsp3) is 0.467. The lowest BCUT2D eigenvalue weighted by atomic mass is 9.94. The van der Waals surface area contributed by atoms with Crippen LogP contribution in [0.25, 0.3) is 0 Å². The molecular formula is C15H20O2. The number of allylic oxidation sites excluding steroid dienone is 1.